The summed E-state index contributed by atoms with van der Waals surface area (Å²) in [5, 5.41) is 8.37. The molecule has 1 aliphatic rings. The van der Waals surface area contributed by atoms with E-state index in [1.54, 1.807) is 41.0 Å². The summed E-state index contributed by atoms with van der Waals surface area (Å²) in [6.07, 6.45) is 4.25. The van der Waals surface area contributed by atoms with Crippen molar-refractivity contribution in [3.8, 4) is 0 Å². The molecule has 0 aliphatic carbocycles. The molecule has 128 valence electrons. The Hall–Kier alpha value is -2.48. The van der Waals surface area contributed by atoms with Crippen molar-refractivity contribution in [1.82, 2.24) is 29.8 Å². The van der Waals surface area contributed by atoms with Gasteiger partial charge in [-0.1, -0.05) is 11.3 Å². The summed E-state index contributed by atoms with van der Waals surface area (Å²) in [5.74, 6) is 0. The Morgan fingerprint density at radius 2 is 2.29 bits per heavy atom. The lowest BCUT2D eigenvalue weighted by molar-refractivity contribution is 0.0503. The first-order valence-corrected chi connectivity index (χ1v) is 7.91. The van der Waals surface area contributed by atoms with Gasteiger partial charge in [-0.15, -0.1) is 5.10 Å². The van der Waals surface area contributed by atoms with Crippen molar-refractivity contribution >= 4 is 6.03 Å². The number of ether oxygens (including phenoxy) is 1. The third-order valence-electron chi connectivity index (χ3n) is 4.15. The highest BCUT2D eigenvalue weighted by Crippen LogP contribution is 2.28. The molecule has 0 fully saturated rings. The van der Waals surface area contributed by atoms with Crippen molar-refractivity contribution < 1.29 is 9.53 Å². The predicted octanol–water partition coefficient (Wildman–Crippen LogP) is 1.01. The predicted molar refractivity (Wildman–Crippen MR) is 87.1 cm³/mol. The zero-order valence-corrected chi connectivity index (χ0v) is 14.2. The Kier molecular flexibility index (Phi) is 4.75. The van der Waals surface area contributed by atoms with Crippen LogP contribution in [-0.4, -0.2) is 63.1 Å². The van der Waals surface area contributed by atoms with Crippen molar-refractivity contribution in [3.05, 3.63) is 41.5 Å². The van der Waals surface area contributed by atoms with Crippen LogP contribution in [0.3, 0.4) is 0 Å². The number of rotatable bonds is 4. The average Bonchev–Trinajstić information content (AvgIpc) is 2.97. The van der Waals surface area contributed by atoms with E-state index in [1.165, 1.54) is 0 Å². The topological polar surface area (TPSA) is 76.4 Å². The highest BCUT2D eigenvalue weighted by Gasteiger charge is 2.35. The van der Waals surface area contributed by atoms with E-state index in [-0.39, 0.29) is 12.1 Å². The molecule has 24 heavy (non-hydrogen) atoms. The van der Waals surface area contributed by atoms with E-state index in [1.807, 2.05) is 19.2 Å². The SMILES string of the molecule is CN(C)C(=O)N1CCc2c(nnn2C)[C@H]1COCc1cccnc1. The van der Waals surface area contributed by atoms with Crippen LogP contribution >= 0.6 is 0 Å². The minimum Gasteiger partial charge on any atom is -0.374 e. The lowest BCUT2D eigenvalue weighted by atomic mass is 10.0. The molecule has 0 unspecified atom stereocenters. The number of aromatic nitrogens is 4. The smallest absolute Gasteiger partial charge is 0.320 e. The van der Waals surface area contributed by atoms with Gasteiger partial charge in [0.2, 0.25) is 0 Å². The Balaban J connectivity index is 1.75. The van der Waals surface area contributed by atoms with E-state index in [0.717, 1.165) is 23.4 Å². The van der Waals surface area contributed by atoms with Gasteiger partial charge in [-0.3, -0.25) is 9.67 Å². The van der Waals surface area contributed by atoms with Crippen LogP contribution in [-0.2, 0) is 24.8 Å². The second-order valence-corrected chi connectivity index (χ2v) is 6.06. The van der Waals surface area contributed by atoms with Crippen molar-refractivity contribution in [1.29, 1.82) is 0 Å². The molecule has 3 heterocycles. The third-order valence-corrected chi connectivity index (χ3v) is 4.15. The second kappa shape index (κ2) is 6.96. The minimum atomic E-state index is -0.228. The van der Waals surface area contributed by atoms with Gasteiger partial charge in [-0.05, 0) is 11.6 Å². The number of nitrogens with zero attached hydrogens (tertiary/aromatic N) is 6. The summed E-state index contributed by atoms with van der Waals surface area (Å²) >= 11 is 0. The van der Waals surface area contributed by atoms with Gasteiger partial charge in [0.15, 0.2) is 0 Å². The summed E-state index contributed by atoms with van der Waals surface area (Å²) in [5.41, 5.74) is 2.89. The van der Waals surface area contributed by atoms with E-state index in [9.17, 15) is 4.79 Å². The first kappa shape index (κ1) is 16.4. The van der Waals surface area contributed by atoms with Crippen LogP contribution in [0, 0.1) is 0 Å². The summed E-state index contributed by atoms with van der Waals surface area (Å²) in [6.45, 7) is 1.45. The number of urea groups is 1. The maximum atomic E-state index is 12.5. The molecule has 2 aromatic heterocycles. The molecular formula is C16H22N6O2. The Morgan fingerprint density at radius 3 is 3.00 bits per heavy atom. The highest BCUT2D eigenvalue weighted by molar-refractivity contribution is 5.74. The number of aryl methyl sites for hydroxylation is 1. The van der Waals surface area contributed by atoms with E-state index in [0.29, 0.717) is 19.8 Å². The largest absolute Gasteiger partial charge is 0.374 e. The molecule has 1 aliphatic heterocycles. The molecule has 0 saturated heterocycles. The number of hydrogen-bond donors (Lipinski definition) is 0. The van der Waals surface area contributed by atoms with Gasteiger partial charge in [-0.2, -0.15) is 0 Å². The standard InChI is InChI=1S/C16H22N6O2/c1-20(2)16(23)22-8-6-13-15(18-19-21(13)3)14(22)11-24-10-12-5-4-7-17-9-12/h4-5,7,9,14H,6,8,10-11H2,1-3H3/t14-/m1/s1. The first-order valence-electron chi connectivity index (χ1n) is 7.91. The molecule has 3 rings (SSSR count). The molecule has 1 atom stereocenters. The number of fused-ring (bicyclic) bond motifs is 1. The normalized spacial score (nSPS) is 16.8. The average molecular weight is 330 g/mol. The summed E-state index contributed by atoms with van der Waals surface area (Å²) in [6, 6.07) is 3.57. The van der Waals surface area contributed by atoms with Crippen LogP contribution in [0.4, 0.5) is 4.79 Å². The number of carbonyl (C=O) groups is 1. The molecule has 0 bridgehead atoms. The van der Waals surface area contributed by atoms with Crippen molar-refractivity contribution in [2.24, 2.45) is 7.05 Å². The zero-order valence-electron chi connectivity index (χ0n) is 14.2. The monoisotopic (exact) mass is 330 g/mol. The molecule has 2 amide bonds. The van der Waals surface area contributed by atoms with Gasteiger partial charge >= 0.3 is 6.03 Å². The maximum absolute atomic E-state index is 12.5. The third kappa shape index (κ3) is 3.23. The molecular weight excluding hydrogens is 308 g/mol. The van der Waals surface area contributed by atoms with E-state index < -0.39 is 0 Å². The lowest BCUT2D eigenvalue weighted by Gasteiger charge is -2.36. The van der Waals surface area contributed by atoms with Crippen LogP contribution in [0.2, 0.25) is 0 Å². The Morgan fingerprint density at radius 1 is 1.46 bits per heavy atom. The molecule has 0 spiro atoms. The summed E-state index contributed by atoms with van der Waals surface area (Å²) in [4.78, 5) is 20.0. The summed E-state index contributed by atoms with van der Waals surface area (Å²) < 4.78 is 7.63. The fourth-order valence-corrected chi connectivity index (χ4v) is 2.90. The van der Waals surface area contributed by atoms with Gasteiger partial charge < -0.3 is 14.5 Å². The molecule has 0 aromatic carbocycles. The van der Waals surface area contributed by atoms with E-state index >= 15 is 0 Å². The Labute approximate surface area is 141 Å². The van der Waals surface area contributed by atoms with Crippen LogP contribution in [0.25, 0.3) is 0 Å². The van der Waals surface area contributed by atoms with Crippen molar-refractivity contribution in [3.63, 3.8) is 0 Å². The minimum absolute atomic E-state index is 0.0405. The molecule has 0 N–H and O–H groups in total. The van der Waals surface area contributed by atoms with Gasteiger partial charge in [-0.25, -0.2) is 4.79 Å². The van der Waals surface area contributed by atoms with Crippen LogP contribution in [0.15, 0.2) is 24.5 Å². The van der Waals surface area contributed by atoms with Gasteiger partial charge in [0.05, 0.1) is 18.9 Å². The van der Waals surface area contributed by atoms with Gasteiger partial charge in [0.1, 0.15) is 11.7 Å². The number of amides is 2. The molecule has 8 nitrogen and oxygen atoms in total. The molecule has 8 heteroatoms. The van der Waals surface area contributed by atoms with Crippen LogP contribution in [0.5, 0.6) is 0 Å². The summed E-state index contributed by atoms with van der Waals surface area (Å²) in [7, 11) is 5.38. The highest BCUT2D eigenvalue weighted by atomic mass is 16.5. The van der Waals surface area contributed by atoms with Gasteiger partial charge in [0.25, 0.3) is 0 Å². The number of hydrogen-bond acceptors (Lipinski definition) is 5. The van der Waals surface area contributed by atoms with E-state index in [2.05, 4.69) is 15.3 Å². The van der Waals surface area contributed by atoms with Crippen molar-refractivity contribution in [2.45, 2.75) is 19.1 Å². The zero-order chi connectivity index (χ0) is 17.1. The number of pyridine rings is 1. The van der Waals surface area contributed by atoms with Crippen molar-refractivity contribution in [2.75, 3.05) is 27.2 Å². The van der Waals surface area contributed by atoms with Gasteiger partial charge in [0, 0.05) is 46.5 Å². The maximum Gasteiger partial charge on any atom is 0.320 e. The first-order chi connectivity index (χ1) is 11.6. The second-order valence-electron chi connectivity index (χ2n) is 6.06. The number of carbonyl (C=O) groups excluding carboxylic acids is 1. The Bertz CT molecular complexity index is 700. The fraction of sp³-hybridized carbons (Fsp3) is 0.500. The lowest BCUT2D eigenvalue weighted by Crippen LogP contribution is -2.46. The molecule has 0 saturated carbocycles. The van der Waals surface area contributed by atoms with E-state index in [4.69, 9.17) is 4.74 Å². The molecule has 0 radical (unpaired) electrons. The fourth-order valence-electron chi connectivity index (χ4n) is 2.90. The van der Waals surface area contributed by atoms with Crippen LogP contribution in [0.1, 0.15) is 23.0 Å². The molecule has 2 aromatic rings. The quantitative estimate of drug-likeness (QED) is 0.836. The van der Waals surface area contributed by atoms with Crippen LogP contribution < -0.4 is 0 Å².